The Balaban J connectivity index is 1.18. The van der Waals surface area contributed by atoms with E-state index in [1.165, 1.54) is 77.5 Å². The van der Waals surface area contributed by atoms with Crippen molar-refractivity contribution in [3.63, 3.8) is 0 Å². The van der Waals surface area contributed by atoms with Gasteiger partial charge in [-0.1, -0.05) is 196 Å². The van der Waals surface area contributed by atoms with Crippen molar-refractivity contribution in [3.8, 4) is 55.6 Å². The van der Waals surface area contributed by atoms with Gasteiger partial charge >= 0.3 is 0 Å². The van der Waals surface area contributed by atoms with E-state index >= 15 is 0 Å². The first-order valence-electron chi connectivity index (χ1n) is 19.5. The van der Waals surface area contributed by atoms with Crippen LogP contribution in [0.4, 0.5) is 17.1 Å². The number of nitrogens with zero attached hydrogens (tertiary/aromatic N) is 1. The maximum Gasteiger partial charge on any atom is 0.0546 e. The molecule has 0 aliphatic heterocycles. The van der Waals surface area contributed by atoms with Crippen LogP contribution in [0.15, 0.2) is 212 Å². The topological polar surface area (TPSA) is 3.24 Å². The van der Waals surface area contributed by atoms with E-state index in [0.29, 0.717) is 0 Å². The van der Waals surface area contributed by atoms with Crippen LogP contribution in [0.2, 0.25) is 0 Å². The van der Waals surface area contributed by atoms with Crippen LogP contribution in [0.25, 0.3) is 66.4 Å². The molecule has 0 saturated heterocycles. The summed E-state index contributed by atoms with van der Waals surface area (Å²) in [6.07, 6.45) is 0. The fraction of sp³-hybridized carbons (Fsp3) is 0.0545. The van der Waals surface area contributed by atoms with Gasteiger partial charge in [0, 0.05) is 22.4 Å². The van der Waals surface area contributed by atoms with Gasteiger partial charge in [-0.25, -0.2) is 0 Å². The van der Waals surface area contributed by atoms with E-state index in [1.807, 2.05) is 0 Å². The van der Waals surface area contributed by atoms with Gasteiger partial charge in [-0.2, -0.15) is 0 Å². The molecule has 0 aromatic heterocycles. The van der Waals surface area contributed by atoms with E-state index in [2.05, 4.69) is 231 Å². The minimum Gasteiger partial charge on any atom is -0.310 e. The first-order valence-corrected chi connectivity index (χ1v) is 19.5. The van der Waals surface area contributed by atoms with Crippen LogP contribution >= 0.6 is 0 Å². The molecule has 1 heteroatoms. The lowest BCUT2D eigenvalue weighted by Crippen LogP contribution is -2.17. The van der Waals surface area contributed by atoms with Crippen molar-refractivity contribution < 1.29 is 0 Å². The van der Waals surface area contributed by atoms with Gasteiger partial charge in [0.05, 0.1) is 5.69 Å². The summed E-state index contributed by atoms with van der Waals surface area (Å²) in [5, 5.41) is 2.45. The van der Waals surface area contributed by atoms with Gasteiger partial charge in [0.1, 0.15) is 0 Å². The number of fused-ring (bicyclic) bond motifs is 4. The minimum absolute atomic E-state index is 0.187. The van der Waals surface area contributed by atoms with E-state index < -0.39 is 0 Å². The molecule has 0 amide bonds. The number of hydrogen-bond donors (Lipinski definition) is 0. The first kappa shape index (κ1) is 33.6. The summed E-state index contributed by atoms with van der Waals surface area (Å²) < 4.78 is 0. The Morgan fingerprint density at radius 2 is 0.875 bits per heavy atom. The Bertz CT molecular complexity index is 2840. The quantitative estimate of drug-likeness (QED) is 0.159. The third kappa shape index (κ3) is 5.72. The average Bonchev–Trinajstić information content (AvgIpc) is 3.50. The monoisotopic (exact) mass is 715 g/mol. The Morgan fingerprint density at radius 1 is 0.339 bits per heavy atom. The molecular formula is C55H41N. The van der Waals surface area contributed by atoms with E-state index in [4.69, 9.17) is 0 Å². The lowest BCUT2D eigenvalue weighted by Gasteiger charge is -2.30. The highest BCUT2D eigenvalue weighted by atomic mass is 15.1. The van der Waals surface area contributed by atoms with Crippen LogP contribution in [0.5, 0.6) is 0 Å². The van der Waals surface area contributed by atoms with Crippen molar-refractivity contribution in [2.75, 3.05) is 4.90 Å². The fourth-order valence-corrected chi connectivity index (χ4v) is 8.84. The molecule has 10 rings (SSSR count). The molecule has 0 unspecified atom stereocenters. The summed E-state index contributed by atoms with van der Waals surface area (Å²) >= 11 is 0. The molecule has 0 spiro atoms. The normalized spacial score (nSPS) is 12.6. The number of hydrogen-bond acceptors (Lipinski definition) is 1. The van der Waals surface area contributed by atoms with Crippen molar-refractivity contribution >= 4 is 27.8 Å². The second-order valence-corrected chi connectivity index (χ2v) is 15.3. The number of rotatable bonds is 7. The smallest absolute Gasteiger partial charge is 0.0546 e. The van der Waals surface area contributed by atoms with Crippen molar-refractivity contribution in [2.45, 2.75) is 19.3 Å². The predicted molar refractivity (Wildman–Crippen MR) is 238 cm³/mol. The lowest BCUT2D eigenvalue weighted by atomic mass is 9.81. The Kier molecular flexibility index (Phi) is 8.23. The van der Waals surface area contributed by atoms with Gasteiger partial charge in [0.15, 0.2) is 0 Å². The first-order chi connectivity index (χ1) is 27.5. The zero-order valence-electron chi connectivity index (χ0n) is 31.7. The Hall–Kier alpha value is -6.96. The van der Waals surface area contributed by atoms with E-state index in [-0.39, 0.29) is 5.41 Å². The summed E-state index contributed by atoms with van der Waals surface area (Å²) in [5.41, 5.74) is 18.3. The third-order valence-corrected chi connectivity index (χ3v) is 11.7. The van der Waals surface area contributed by atoms with Crippen molar-refractivity contribution in [1.82, 2.24) is 0 Å². The maximum atomic E-state index is 2.47. The van der Waals surface area contributed by atoms with Crippen molar-refractivity contribution in [1.29, 1.82) is 0 Å². The molecule has 0 heterocycles. The zero-order chi connectivity index (χ0) is 37.6. The molecule has 1 aliphatic carbocycles. The summed E-state index contributed by atoms with van der Waals surface area (Å²) in [4.78, 5) is 2.47. The molecule has 0 radical (unpaired) electrons. The predicted octanol–water partition coefficient (Wildman–Crippen LogP) is 15.3. The molecule has 266 valence electrons. The van der Waals surface area contributed by atoms with Crippen LogP contribution in [0.1, 0.15) is 25.0 Å². The highest BCUT2D eigenvalue weighted by Gasteiger charge is 2.37. The van der Waals surface area contributed by atoms with E-state index in [9.17, 15) is 0 Å². The molecule has 9 aromatic rings. The highest BCUT2D eigenvalue weighted by molar-refractivity contribution is 6.06. The van der Waals surface area contributed by atoms with E-state index in [0.717, 1.165) is 17.1 Å². The second-order valence-electron chi connectivity index (χ2n) is 15.3. The second kappa shape index (κ2) is 13.7. The van der Waals surface area contributed by atoms with Gasteiger partial charge in [-0.15, -0.1) is 0 Å². The number of benzene rings is 9. The summed E-state index contributed by atoms with van der Waals surface area (Å²) in [6.45, 7) is 4.76. The van der Waals surface area contributed by atoms with Gasteiger partial charge in [-0.3, -0.25) is 0 Å². The van der Waals surface area contributed by atoms with Crippen LogP contribution in [-0.2, 0) is 5.41 Å². The average molecular weight is 716 g/mol. The van der Waals surface area contributed by atoms with Gasteiger partial charge in [-0.05, 0) is 102 Å². The van der Waals surface area contributed by atoms with Gasteiger partial charge in [0.2, 0.25) is 0 Å². The lowest BCUT2D eigenvalue weighted by molar-refractivity contribution is 0.660. The van der Waals surface area contributed by atoms with E-state index in [1.54, 1.807) is 0 Å². The maximum absolute atomic E-state index is 2.47. The third-order valence-electron chi connectivity index (χ3n) is 11.7. The standard InChI is InChI=1S/C55H41N/c1-55(2)50-24-14-23-48(42-19-10-5-11-20-42)54(50)49-35-34-46(37-51(49)55)56(45-32-29-41(30-33-45)39-17-8-4-9-18-39)52-36-31-43-21-12-13-22-47(43)53(52)44-27-25-40(26-28-44)38-15-6-3-7-16-38/h3-37H,1-2H3. The molecule has 0 atom stereocenters. The number of anilines is 3. The van der Waals surface area contributed by atoms with Crippen LogP contribution in [0.3, 0.4) is 0 Å². The molecule has 1 aliphatic rings. The SMILES string of the molecule is CC1(C)c2cc(N(c3ccc(-c4ccccc4)cc3)c3ccc4ccccc4c3-c3ccc(-c4ccccc4)cc3)ccc2-c2c(-c3ccccc3)cccc21. The molecule has 1 nitrogen and oxygen atoms in total. The molecule has 0 bridgehead atoms. The summed E-state index contributed by atoms with van der Waals surface area (Å²) in [6, 6.07) is 77.6. The van der Waals surface area contributed by atoms with Gasteiger partial charge < -0.3 is 4.90 Å². The Morgan fingerprint density at radius 3 is 1.54 bits per heavy atom. The van der Waals surface area contributed by atoms with Crippen molar-refractivity contribution in [2.24, 2.45) is 0 Å². The van der Waals surface area contributed by atoms with Crippen LogP contribution < -0.4 is 4.90 Å². The minimum atomic E-state index is -0.187. The largest absolute Gasteiger partial charge is 0.310 e. The highest BCUT2D eigenvalue weighted by Crippen LogP contribution is 2.54. The molecule has 0 fully saturated rings. The summed E-state index contributed by atoms with van der Waals surface area (Å²) in [5.74, 6) is 0. The van der Waals surface area contributed by atoms with Crippen molar-refractivity contribution in [3.05, 3.63) is 223 Å². The molecule has 56 heavy (non-hydrogen) atoms. The van der Waals surface area contributed by atoms with Crippen LogP contribution in [-0.4, -0.2) is 0 Å². The Labute approximate surface area is 329 Å². The molecule has 9 aromatic carbocycles. The van der Waals surface area contributed by atoms with Gasteiger partial charge in [0.25, 0.3) is 0 Å². The zero-order valence-corrected chi connectivity index (χ0v) is 31.7. The van der Waals surface area contributed by atoms with Crippen LogP contribution in [0, 0.1) is 0 Å². The summed E-state index contributed by atoms with van der Waals surface area (Å²) in [7, 11) is 0. The molecule has 0 saturated carbocycles. The molecule has 0 N–H and O–H groups in total. The fourth-order valence-electron chi connectivity index (χ4n) is 8.84. The molecular weight excluding hydrogens is 675 g/mol.